The molecule has 1 aliphatic rings. The van der Waals surface area contributed by atoms with Crippen molar-refractivity contribution >= 4 is 0 Å². The van der Waals surface area contributed by atoms with Gasteiger partial charge >= 0.3 is 0 Å². The lowest BCUT2D eigenvalue weighted by molar-refractivity contribution is 0.179. The Kier molecular flexibility index (Phi) is 5.95. The first-order chi connectivity index (χ1) is 13.8. The van der Waals surface area contributed by atoms with E-state index in [4.69, 9.17) is 13.9 Å². The third-order valence-corrected chi connectivity index (χ3v) is 5.07. The van der Waals surface area contributed by atoms with Gasteiger partial charge in [0, 0.05) is 26.2 Å². The monoisotopic (exact) mass is 378 g/mol. The summed E-state index contributed by atoms with van der Waals surface area (Å²) in [7, 11) is 1.68. The maximum absolute atomic E-state index is 6.01. The van der Waals surface area contributed by atoms with E-state index in [1.807, 2.05) is 36.4 Å². The maximum Gasteiger partial charge on any atom is 0.161 e. The first-order valence-corrected chi connectivity index (χ1v) is 9.68. The Morgan fingerprint density at radius 2 is 1.82 bits per heavy atom. The molecule has 1 atom stereocenters. The molecule has 5 nitrogen and oxygen atoms in total. The first kappa shape index (κ1) is 18.6. The lowest BCUT2D eigenvalue weighted by Crippen LogP contribution is -2.45. The molecule has 1 aromatic heterocycles. The number of hydrogen-bond donors (Lipinski definition) is 1. The molecule has 28 heavy (non-hydrogen) atoms. The molecule has 4 rings (SSSR count). The summed E-state index contributed by atoms with van der Waals surface area (Å²) in [5.41, 5.74) is 2.27. The minimum atomic E-state index is 0.0640. The van der Waals surface area contributed by atoms with Crippen LogP contribution >= 0.6 is 0 Å². The zero-order valence-corrected chi connectivity index (χ0v) is 16.1. The summed E-state index contributed by atoms with van der Waals surface area (Å²) in [4.78, 5) is 2.44. The van der Waals surface area contributed by atoms with E-state index in [9.17, 15) is 0 Å². The molecule has 1 N–H and O–H groups in total. The molecular formula is C23H26N2O3. The van der Waals surface area contributed by atoms with Gasteiger partial charge in [-0.1, -0.05) is 36.4 Å². The minimum absolute atomic E-state index is 0.0640. The number of nitrogens with one attached hydrogen (secondary N) is 1. The molecule has 0 aliphatic carbocycles. The fourth-order valence-corrected chi connectivity index (χ4v) is 3.65. The van der Waals surface area contributed by atoms with Crippen LogP contribution in [0.4, 0.5) is 0 Å². The number of furan rings is 1. The van der Waals surface area contributed by atoms with Crippen LogP contribution in [0.2, 0.25) is 0 Å². The smallest absolute Gasteiger partial charge is 0.161 e. The highest BCUT2D eigenvalue weighted by atomic mass is 16.5. The number of piperazine rings is 1. The van der Waals surface area contributed by atoms with Crippen molar-refractivity contribution in [1.82, 2.24) is 10.2 Å². The highest BCUT2D eigenvalue weighted by Crippen LogP contribution is 2.36. The summed E-state index contributed by atoms with van der Waals surface area (Å²) in [5.74, 6) is 2.43. The van der Waals surface area contributed by atoms with E-state index in [0.29, 0.717) is 6.61 Å². The second-order valence-electron chi connectivity index (χ2n) is 6.89. The van der Waals surface area contributed by atoms with E-state index in [-0.39, 0.29) is 6.04 Å². The predicted octanol–water partition coefficient (Wildman–Crippen LogP) is 3.86. The molecule has 2 heterocycles. The van der Waals surface area contributed by atoms with Crippen molar-refractivity contribution < 1.29 is 13.9 Å². The first-order valence-electron chi connectivity index (χ1n) is 9.68. The van der Waals surface area contributed by atoms with Crippen molar-refractivity contribution in [1.29, 1.82) is 0 Å². The van der Waals surface area contributed by atoms with E-state index in [1.54, 1.807) is 13.4 Å². The van der Waals surface area contributed by atoms with E-state index >= 15 is 0 Å². The van der Waals surface area contributed by atoms with Gasteiger partial charge in [-0.05, 0) is 35.4 Å². The molecule has 3 aromatic rings. The van der Waals surface area contributed by atoms with Crippen LogP contribution in [0.5, 0.6) is 11.5 Å². The van der Waals surface area contributed by atoms with Gasteiger partial charge in [0.2, 0.25) is 0 Å². The Bertz CT molecular complexity index is 859. The van der Waals surface area contributed by atoms with Crippen LogP contribution in [0, 0.1) is 0 Å². The molecular weight excluding hydrogens is 352 g/mol. The minimum Gasteiger partial charge on any atom is -0.493 e. The van der Waals surface area contributed by atoms with Gasteiger partial charge < -0.3 is 19.2 Å². The zero-order valence-electron chi connectivity index (χ0n) is 16.1. The molecule has 1 fully saturated rings. The van der Waals surface area contributed by atoms with E-state index in [1.165, 1.54) is 0 Å². The second kappa shape index (κ2) is 8.95. The van der Waals surface area contributed by atoms with Crippen molar-refractivity contribution in [3.05, 3.63) is 83.8 Å². The number of nitrogens with zero attached hydrogens (tertiary/aromatic N) is 1. The van der Waals surface area contributed by atoms with Crippen LogP contribution in [-0.2, 0) is 6.61 Å². The fraction of sp³-hybridized carbons (Fsp3) is 0.304. The highest BCUT2D eigenvalue weighted by Gasteiger charge is 2.27. The molecule has 0 spiro atoms. The number of hydrogen-bond acceptors (Lipinski definition) is 5. The molecule has 1 aliphatic heterocycles. The van der Waals surface area contributed by atoms with Gasteiger partial charge in [0.05, 0.1) is 19.4 Å². The molecule has 0 saturated carbocycles. The molecule has 0 radical (unpaired) electrons. The van der Waals surface area contributed by atoms with Gasteiger partial charge in [-0.3, -0.25) is 4.90 Å². The normalized spacial score (nSPS) is 15.9. The Balaban J connectivity index is 1.59. The van der Waals surface area contributed by atoms with Crippen molar-refractivity contribution in [3.63, 3.8) is 0 Å². The number of methoxy groups -OCH3 is 1. The summed E-state index contributed by atoms with van der Waals surface area (Å²) in [6.45, 7) is 4.41. The molecule has 2 aromatic carbocycles. The average Bonchev–Trinajstić information content (AvgIpc) is 3.28. The van der Waals surface area contributed by atoms with Crippen molar-refractivity contribution in [2.45, 2.75) is 12.6 Å². The van der Waals surface area contributed by atoms with Crippen LogP contribution in [0.25, 0.3) is 0 Å². The van der Waals surface area contributed by atoms with Crippen molar-refractivity contribution in [3.8, 4) is 11.5 Å². The number of ether oxygens (including phenoxy) is 2. The molecule has 146 valence electrons. The molecule has 5 heteroatoms. The van der Waals surface area contributed by atoms with E-state index in [2.05, 4.69) is 34.5 Å². The summed E-state index contributed by atoms with van der Waals surface area (Å²) in [5, 5.41) is 3.41. The standard InChI is InChI=1S/C23H26N2O3/c1-26-22-16-19(9-10-20(22)28-17-18-6-3-2-4-7-18)23(21-8-5-15-27-21)25-13-11-24-12-14-25/h2-10,15-16,23-24H,11-14,17H2,1H3. The van der Waals surface area contributed by atoms with Crippen LogP contribution in [-0.4, -0.2) is 38.2 Å². The van der Waals surface area contributed by atoms with Gasteiger partial charge in [0.25, 0.3) is 0 Å². The fourth-order valence-electron chi connectivity index (χ4n) is 3.65. The predicted molar refractivity (Wildman–Crippen MR) is 109 cm³/mol. The SMILES string of the molecule is COc1cc(C(c2ccco2)N2CCNCC2)ccc1OCc1ccccc1. The summed E-state index contributed by atoms with van der Waals surface area (Å²) in [6, 6.07) is 20.4. The summed E-state index contributed by atoms with van der Waals surface area (Å²) >= 11 is 0. The second-order valence-corrected chi connectivity index (χ2v) is 6.89. The number of benzene rings is 2. The van der Waals surface area contributed by atoms with E-state index in [0.717, 1.165) is 54.6 Å². The topological polar surface area (TPSA) is 46.9 Å². The Hall–Kier alpha value is -2.76. The van der Waals surface area contributed by atoms with Crippen LogP contribution in [0.15, 0.2) is 71.3 Å². The zero-order chi connectivity index (χ0) is 19.2. The lowest BCUT2D eigenvalue weighted by Gasteiger charge is -2.34. The molecule has 1 saturated heterocycles. The Morgan fingerprint density at radius 3 is 2.54 bits per heavy atom. The highest BCUT2D eigenvalue weighted by molar-refractivity contribution is 5.45. The third kappa shape index (κ3) is 4.21. The average molecular weight is 378 g/mol. The van der Waals surface area contributed by atoms with Gasteiger partial charge in [0.1, 0.15) is 12.4 Å². The summed E-state index contributed by atoms with van der Waals surface area (Å²) in [6.07, 6.45) is 1.74. The van der Waals surface area contributed by atoms with Crippen LogP contribution < -0.4 is 14.8 Å². The van der Waals surface area contributed by atoms with Gasteiger partial charge in [-0.15, -0.1) is 0 Å². The van der Waals surface area contributed by atoms with E-state index < -0.39 is 0 Å². The summed E-state index contributed by atoms with van der Waals surface area (Å²) < 4.78 is 17.4. The maximum atomic E-state index is 6.01. The largest absolute Gasteiger partial charge is 0.493 e. The van der Waals surface area contributed by atoms with Gasteiger partial charge in [-0.25, -0.2) is 0 Å². The van der Waals surface area contributed by atoms with Gasteiger partial charge in [-0.2, -0.15) is 0 Å². The molecule has 0 amide bonds. The van der Waals surface area contributed by atoms with Crippen LogP contribution in [0.1, 0.15) is 22.9 Å². The molecule has 1 unspecified atom stereocenters. The quantitative estimate of drug-likeness (QED) is 0.676. The Labute approximate surface area is 165 Å². The van der Waals surface area contributed by atoms with Gasteiger partial charge in [0.15, 0.2) is 11.5 Å². The molecule has 0 bridgehead atoms. The van der Waals surface area contributed by atoms with Crippen LogP contribution in [0.3, 0.4) is 0 Å². The van der Waals surface area contributed by atoms with Crippen molar-refractivity contribution in [2.75, 3.05) is 33.3 Å². The van der Waals surface area contributed by atoms with Crippen molar-refractivity contribution in [2.24, 2.45) is 0 Å². The Morgan fingerprint density at radius 1 is 1.00 bits per heavy atom. The lowest BCUT2D eigenvalue weighted by atomic mass is 10.0. The third-order valence-electron chi connectivity index (χ3n) is 5.07. The number of rotatable bonds is 7.